The average Bonchev–Trinajstić information content (AvgIpc) is 3.05. The lowest BCUT2D eigenvalue weighted by atomic mass is 9.78. The summed E-state index contributed by atoms with van der Waals surface area (Å²) in [6.45, 7) is 1.18. The van der Waals surface area contributed by atoms with Crippen molar-refractivity contribution in [3.05, 3.63) is 57.7 Å². The smallest absolute Gasteiger partial charge is 0.291 e. The Morgan fingerprint density at radius 2 is 2.16 bits per heavy atom. The maximum absolute atomic E-state index is 14.6. The SMILES string of the molecule is Cc1c(C(=O)NC2=CC=C(F)C([C@]3(C(F)F)COCC(N)=N3)C2)oc2ccc(Br)cc12. The van der Waals surface area contributed by atoms with Crippen LogP contribution in [0, 0.1) is 12.8 Å². The van der Waals surface area contributed by atoms with Gasteiger partial charge >= 0.3 is 0 Å². The number of halogens is 4. The highest BCUT2D eigenvalue weighted by atomic mass is 79.9. The number of amides is 1. The van der Waals surface area contributed by atoms with Crippen LogP contribution in [-0.2, 0) is 4.74 Å². The molecule has 6 nitrogen and oxygen atoms in total. The number of alkyl halides is 2. The van der Waals surface area contributed by atoms with Crippen molar-refractivity contribution >= 4 is 38.6 Å². The van der Waals surface area contributed by atoms with Gasteiger partial charge in [0.1, 0.15) is 23.9 Å². The number of nitrogens with one attached hydrogen (secondary N) is 1. The molecule has 0 fully saturated rings. The molecule has 1 unspecified atom stereocenters. The number of carbonyl (C=O) groups excluding carboxylic acids is 1. The van der Waals surface area contributed by atoms with Crippen molar-refractivity contribution in [3.63, 3.8) is 0 Å². The van der Waals surface area contributed by atoms with Gasteiger partial charge in [0.15, 0.2) is 11.3 Å². The Labute approximate surface area is 184 Å². The molecule has 0 bridgehead atoms. The van der Waals surface area contributed by atoms with Crippen LogP contribution < -0.4 is 11.1 Å². The molecule has 0 radical (unpaired) electrons. The van der Waals surface area contributed by atoms with Crippen molar-refractivity contribution in [3.8, 4) is 0 Å². The van der Waals surface area contributed by atoms with E-state index in [-0.39, 0.29) is 30.3 Å². The monoisotopic (exact) mass is 497 g/mol. The fraction of sp³-hybridized carbons (Fsp3) is 0.333. The van der Waals surface area contributed by atoms with E-state index in [1.807, 2.05) is 6.07 Å². The predicted octanol–water partition coefficient (Wildman–Crippen LogP) is 4.38. The van der Waals surface area contributed by atoms with Gasteiger partial charge in [0, 0.05) is 27.0 Å². The van der Waals surface area contributed by atoms with Crippen molar-refractivity contribution < 1.29 is 27.1 Å². The Balaban J connectivity index is 1.60. The number of nitrogens with two attached hydrogens (primary N) is 1. The van der Waals surface area contributed by atoms with E-state index in [9.17, 15) is 18.0 Å². The van der Waals surface area contributed by atoms with E-state index in [0.29, 0.717) is 11.1 Å². The van der Waals surface area contributed by atoms with Gasteiger partial charge in [-0.1, -0.05) is 15.9 Å². The second-order valence-corrected chi connectivity index (χ2v) is 8.45. The van der Waals surface area contributed by atoms with Gasteiger partial charge in [0.05, 0.1) is 6.61 Å². The van der Waals surface area contributed by atoms with Crippen LogP contribution in [0.5, 0.6) is 0 Å². The van der Waals surface area contributed by atoms with Crippen molar-refractivity contribution in [2.45, 2.75) is 25.3 Å². The second-order valence-electron chi connectivity index (χ2n) is 7.54. The number of ether oxygens (including phenoxy) is 1. The number of benzene rings is 1. The van der Waals surface area contributed by atoms with Gasteiger partial charge in [-0.05, 0) is 43.7 Å². The van der Waals surface area contributed by atoms with E-state index in [4.69, 9.17) is 14.9 Å². The summed E-state index contributed by atoms with van der Waals surface area (Å²) in [6, 6.07) is 5.35. The highest BCUT2D eigenvalue weighted by Gasteiger charge is 2.51. The topological polar surface area (TPSA) is 89.8 Å². The van der Waals surface area contributed by atoms with Gasteiger partial charge in [-0.15, -0.1) is 0 Å². The van der Waals surface area contributed by atoms with Crippen LogP contribution >= 0.6 is 15.9 Å². The zero-order chi connectivity index (χ0) is 22.3. The molecule has 4 rings (SSSR count). The molecule has 0 spiro atoms. The summed E-state index contributed by atoms with van der Waals surface area (Å²) in [4.78, 5) is 16.7. The Morgan fingerprint density at radius 1 is 1.39 bits per heavy atom. The van der Waals surface area contributed by atoms with Gasteiger partial charge in [0.25, 0.3) is 12.3 Å². The summed E-state index contributed by atoms with van der Waals surface area (Å²) in [7, 11) is 0. The molecule has 2 atom stereocenters. The van der Waals surface area contributed by atoms with E-state index in [0.717, 1.165) is 15.9 Å². The molecule has 10 heteroatoms. The largest absolute Gasteiger partial charge is 0.451 e. The van der Waals surface area contributed by atoms with E-state index < -0.39 is 36.2 Å². The van der Waals surface area contributed by atoms with Crippen LogP contribution in [-0.4, -0.2) is 36.9 Å². The molecule has 0 saturated heterocycles. The van der Waals surface area contributed by atoms with Gasteiger partial charge in [-0.25, -0.2) is 13.2 Å². The lowest BCUT2D eigenvalue weighted by Gasteiger charge is -2.39. The first-order chi connectivity index (χ1) is 14.7. The molecule has 1 aromatic heterocycles. The molecule has 31 heavy (non-hydrogen) atoms. The third-order valence-corrected chi connectivity index (χ3v) is 5.99. The zero-order valence-corrected chi connectivity index (χ0v) is 18.0. The predicted molar refractivity (Wildman–Crippen MR) is 113 cm³/mol. The zero-order valence-electron chi connectivity index (χ0n) is 16.4. The first kappa shape index (κ1) is 21.6. The minimum atomic E-state index is -3.01. The fourth-order valence-corrected chi connectivity index (χ4v) is 4.26. The highest BCUT2D eigenvalue weighted by molar-refractivity contribution is 9.10. The highest BCUT2D eigenvalue weighted by Crippen LogP contribution is 2.42. The molecule has 0 saturated carbocycles. The Bertz CT molecular complexity index is 1140. The molecule has 3 N–H and O–H groups in total. The maximum Gasteiger partial charge on any atom is 0.291 e. The van der Waals surface area contributed by atoms with E-state index in [2.05, 4.69) is 26.2 Å². The summed E-state index contributed by atoms with van der Waals surface area (Å²) in [6.07, 6.45) is -0.823. The van der Waals surface area contributed by atoms with E-state index in [1.165, 1.54) is 6.08 Å². The molecular formula is C21H19BrF3N3O3. The average molecular weight is 498 g/mol. The normalized spacial score (nSPS) is 24.1. The van der Waals surface area contributed by atoms with Gasteiger partial charge in [-0.2, -0.15) is 0 Å². The third-order valence-electron chi connectivity index (χ3n) is 5.50. The standard InChI is InChI=1S/C21H19BrF3N3O3/c1-10-13-6-11(22)2-5-16(13)31-18(10)19(29)27-12-3-4-15(23)14(7-12)21(20(24)25)9-30-8-17(26)28-21/h2-6,14,20H,7-9H2,1H3,(H2,26,28)(H,27,29)/t14?,21-/m0/s1. The van der Waals surface area contributed by atoms with Crippen molar-refractivity contribution in [2.75, 3.05) is 13.2 Å². The number of carbonyl (C=O) groups is 1. The molecule has 1 aliphatic carbocycles. The number of nitrogens with zero attached hydrogens (tertiary/aromatic N) is 1. The number of aliphatic imine (C=N–C) groups is 1. The quantitative estimate of drug-likeness (QED) is 0.655. The number of hydrogen-bond acceptors (Lipinski definition) is 5. The summed E-state index contributed by atoms with van der Waals surface area (Å²) in [5.41, 5.74) is 4.87. The van der Waals surface area contributed by atoms with Crippen LogP contribution in [0.4, 0.5) is 13.2 Å². The number of amidine groups is 1. The Morgan fingerprint density at radius 3 is 2.87 bits per heavy atom. The van der Waals surface area contributed by atoms with Crippen LogP contribution in [0.1, 0.15) is 22.5 Å². The fourth-order valence-electron chi connectivity index (χ4n) is 3.90. The van der Waals surface area contributed by atoms with Gasteiger partial charge in [0.2, 0.25) is 0 Å². The molecule has 1 aliphatic heterocycles. The first-order valence-electron chi connectivity index (χ1n) is 9.47. The Kier molecular flexibility index (Phi) is 5.69. The summed E-state index contributed by atoms with van der Waals surface area (Å²) in [5.74, 6) is -2.69. The van der Waals surface area contributed by atoms with Crippen molar-refractivity contribution in [1.82, 2.24) is 5.32 Å². The number of rotatable bonds is 4. The molecule has 1 aromatic carbocycles. The van der Waals surface area contributed by atoms with Crippen LogP contribution in [0.25, 0.3) is 11.0 Å². The Hall–Kier alpha value is -2.59. The van der Waals surface area contributed by atoms with Crippen molar-refractivity contribution in [2.24, 2.45) is 16.6 Å². The molecule has 164 valence electrons. The summed E-state index contributed by atoms with van der Waals surface area (Å²) >= 11 is 3.38. The van der Waals surface area contributed by atoms with E-state index in [1.54, 1.807) is 19.1 Å². The minimum absolute atomic E-state index is 0.0899. The number of allylic oxidation sites excluding steroid dienone is 3. The van der Waals surface area contributed by atoms with Crippen molar-refractivity contribution in [1.29, 1.82) is 0 Å². The number of furan rings is 1. The van der Waals surface area contributed by atoms with Crippen LogP contribution in [0.15, 0.2) is 55.8 Å². The second kappa shape index (κ2) is 8.16. The van der Waals surface area contributed by atoms with Gasteiger partial charge in [-0.3, -0.25) is 9.79 Å². The maximum atomic E-state index is 14.6. The summed E-state index contributed by atoms with van der Waals surface area (Å²) in [5, 5.41) is 3.41. The molecule has 2 heterocycles. The van der Waals surface area contributed by atoms with E-state index >= 15 is 0 Å². The van der Waals surface area contributed by atoms with Crippen LogP contribution in [0.2, 0.25) is 0 Å². The lowest BCUT2D eigenvalue weighted by Crippen LogP contribution is -2.53. The summed E-state index contributed by atoms with van der Waals surface area (Å²) < 4.78 is 54.3. The number of aryl methyl sites for hydroxylation is 1. The number of hydrogen-bond donors (Lipinski definition) is 2. The lowest BCUT2D eigenvalue weighted by molar-refractivity contribution is -0.0376. The minimum Gasteiger partial charge on any atom is -0.451 e. The first-order valence-corrected chi connectivity index (χ1v) is 10.3. The molecular weight excluding hydrogens is 479 g/mol. The molecule has 2 aliphatic rings. The van der Waals surface area contributed by atoms with Gasteiger partial charge < -0.3 is 20.2 Å². The molecule has 1 amide bonds. The number of fused-ring (bicyclic) bond motifs is 1. The third kappa shape index (κ3) is 3.89. The molecule has 2 aromatic rings. The van der Waals surface area contributed by atoms with Crippen LogP contribution in [0.3, 0.4) is 0 Å².